The summed E-state index contributed by atoms with van der Waals surface area (Å²) in [5.41, 5.74) is 5.76. The van der Waals surface area contributed by atoms with Gasteiger partial charge in [-0.3, -0.25) is 19.9 Å². The number of methoxy groups -OCH3 is 3. The van der Waals surface area contributed by atoms with Gasteiger partial charge in [-0.25, -0.2) is 0 Å². The fraction of sp³-hybridized carbons (Fsp3) is 0.182. The van der Waals surface area contributed by atoms with Gasteiger partial charge in [-0.1, -0.05) is 18.2 Å². The number of aromatic nitrogens is 3. The molecular formula is C33H30N4O3. The van der Waals surface area contributed by atoms with Crippen LogP contribution in [0.3, 0.4) is 0 Å². The molecule has 200 valence electrons. The van der Waals surface area contributed by atoms with E-state index in [2.05, 4.69) is 41.3 Å². The van der Waals surface area contributed by atoms with Crippen LogP contribution in [0.5, 0.6) is 17.2 Å². The first-order chi connectivity index (χ1) is 19.6. The third-order valence-corrected chi connectivity index (χ3v) is 7.02. The molecule has 0 aliphatic heterocycles. The fourth-order valence-corrected chi connectivity index (χ4v) is 4.94. The van der Waals surface area contributed by atoms with Crippen molar-refractivity contribution in [2.75, 3.05) is 21.3 Å². The smallest absolute Gasteiger partial charge is 0.119 e. The average Bonchev–Trinajstić information content (AvgIpc) is 3.00. The summed E-state index contributed by atoms with van der Waals surface area (Å²) in [7, 11) is 5.03. The van der Waals surface area contributed by atoms with E-state index in [1.165, 1.54) is 0 Å². The molecule has 6 aromatic rings. The van der Waals surface area contributed by atoms with Gasteiger partial charge in [-0.05, 0) is 72.8 Å². The van der Waals surface area contributed by atoms with Crippen molar-refractivity contribution in [3.05, 3.63) is 108 Å². The molecule has 0 N–H and O–H groups in total. The molecule has 40 heavy (non-hydrogen) atoms. The lowest BCUT2D eigenvalue weighted by molar-refractivity contribution is 0.239. The normalized spacial score (nSPS) is 11.4. The van der Waals surface area contributed by atoms with Gasteiger partial charge in [0.15, 0.2) is 0 Å². The summed E-state index contributed by atoms with van der Waals surface area (Å²) < 4.78 is 16.1. The lowest BCUT2D eigenvalue weighted by Crippen LogP contribution is -2.24. The molecule has 0 radical (unpaired) electrons. The summed E-state index contributed by atoms with van der Waals surface area (Å²) in [6.07, 6.45) is 0. The summed E-state index contributed by atoms with van der Waals surface area (Å²) in [5.74, 6) is 2.47. The van der Waals surface area contributed by atoms with E-state index in [0.29, 0.717) is 19.6 Å². The van der Waals surface area contributed by atoms with E-state index in [1.54, 1.807) is 21.3 Å². The molecule has 7 nitrogen and oxygen atoms in total. The standard InChI is InChI=1S/C33H30N4O3/c1-38-28-10-13-31-22(16-28)4-7-25(34-31)19-37(20-26-8-5-23-17-29(39-2)11-14-32(23)35-26)21-27-9-6-24-18-30(40-3)12-15-33(24)36-27/h4-18H,19-21H2,1-3H3. The van der Waals surface area contributed by atoms with Crippen LogP contribution < -0.4 is 14.2 Å². The Morgan fingerprint density at radius 3 is 1.07 bits per heavy atom. The Hall–Kier alpha value is -4.75. The number of benzene rings is 3. The first-order valence-electron chi connectivity index (χ1n) is 13.1. The van der Waals surface area contributed by atoms with E-state index in [0.717, 1.165) is 67.0 Å². The van der Waals surface area contributed by atoms with Crippen LogP contribution in [-0.2, 0) is 19.6 Å². The van der Waals surface area contributed by atoms with E-state index >= 15 is 0 Å². The monoisotopic (exact) mass is 530 g/mol. The van der Waals surface area contributed by atoms with Crippen molar-refractivity contribution in [1.82, 2.24) is 19.9 Å². The minimum atomic E-state index is 0.645. The van der Waals surface area contributed by atoms with Gasteiger partial charge in [0, 0.05) is 35.8 Å². The number of pyridine rings is 3. The molecule has 0 fully saturated rings. The van der Waals surface area contributed by atoms with Crippen molar-refractivity contribution in [3.8, 4) is 17.2 Å². The zero-order valence-corrected chi connectivity index (χ0v) is 22.8. The summed E-state index contributed by atoms with van der Waals surface area (Å²) in [6, 6.07) is 30.4. The molecule has 0 atom stereocenters. The molecule has 6 rings (SSSR count). The Balaban J connectivity index is 1.31. The summed E-state index contributed by atoms with van der Waals surface area (Å²) >= 11 is 0. The zero-order valence-electron chi connectivity index (χ0n) is 22.8. The average molecular weight is 531 g/mol. The van der Waals surface area contributed by atoms with E-state index in [4.69, 9.17) is 29.2 Å². The molecule has 0 spiro atoms. The van der Waals surface area contributed by atoms with Crippen LogP contribution >= 0.6 is 0 Å². The summed E-state index contributed by atoms with van der Waals surface area (Å²) in [4.78, 5) is 17.2. The SMILES string of the molecule is COc1ccc2nc(CN(Cc3ccc4cc(OC)ccc4n3)Cc3ccc4cc(OC)ccc4n3)ccc2c1. The van der Waals surface area contributed by atoms with E-state index in [1.807, 2.05) is 54.6 Å². The molecule has 3 heterocycles. The van der Waals surface area contributed by atoms with Gasteiger partial charge >= 0.3 is 0 Å². The van der Waals surface area contributed by atoms with Crippen molar-refractivity contribution >= 4 is 32.7 Å². The number of fused-ring (bicyclic) bond motifs is 3. The minimum Gasteiger partial charge on any atom is -0.497 e. The Labute approximate surface area is 233 Å². The highest BCUT2D eigenvalue weighted by Crippen LogP contribution is 2.24. The number of rotatable bonds is 9. The fourth-order valence-electron chi connectivity index (χ4n) is 4.94. The third-order valence-electron chi connectivity index (χ3n) is 7.02. The van der Waals surface area contributed by atoms with Crippen LogP contribution in [0.1, 0.15) is 17.1 Å². The maximum absolute atomic E-state index is 5.37. The Morgan fingerprint density at radius 1 is 0.450 bits per heavy atom. The second kappa shape index (κ2) is 11.2. The first kappa shape index (κ1) is 25.5. The Morgan fingerprint density at radius 2 is 0.775 bits per heavy atom. The van der Waals surface area contributed by atoms with Gasteiger partial charge in [0.05, 0.1) is 55.0 Å². The van der Waals surface area contributed by atoms with Crippen LogP contribution in [0.25, 0.3) is 32.7 Å². The largest absolute Gasteiger partial charge is 0.497 e. The molecule has 3 aromatic heterocycles. The van der Waals surface area contributed by atoms with Crippen molar-refractivity contribution in [2.24, 2.45) is 0 Å². The molecule has 0 aliphatic carbocycles. The second-order valence-electron chi connectivity index (χ2n) is 9.73. The lowest BCUT2D eigenvalue weighted by Gasteiger charge is -2.22. The highest BCUT2D eigenvalue weighted by atomic mass is 16.5. The molecule has 3 aromatic carbocycles. The van der Waals surface area contributed by atoms with Crippen LogP contribution in [0.2, 0.25) is 0 Å². The molecule has 0 saturated heterocycles. The molecule has 0 aliphatic rings. The summed E-state index contributed by atoms with van der Waals surface area (Å²) in [5, 5.41) is 3.15. The minimum absolute atomic E-state index is 0.645. The van der Waals surface area contributed by atoms with Crippen molar-refractivity contribution in [1.29, 1.82) is 0 Å². The zero-order chi connectivity index (χ0) is 27.5. The molecule has 0 unspecified atom stereocenters. The van der Waals surface area contributed by atoms with Gasteiger partial charge in [0.1, 0.15) is 17.2 Å². The number of hydrogen-bond acceptors (Lipinski definition) is 7. The van der Waals surface area contributed by atoms with Crippen LogP contribution in [0.4, 0.5) is 0 Å². The number of nitrogens with zero attached hydrogens (tertiary/aromatic N) is 4. The molecule has 0 bridgehead atoms. The second-order valence-corrected chi connectivity index (χ2v) is 9.73. The van der Waals surface area contributed by atoms with Crippen LogP contribution in [0, 0.1) is 0 Å². The van der Waals surface area contributed by atoms with Crippen LogP contribution in [0.15, 0.2) is 91.0 Å². The summed E-state index contributed by atoms with van der Waals surface area (Å²) in [6.45, 7) is 1.94. The van der Waals surface area contributed by atoms with Crippen molar-refractivity contribution in [3.63, 3.8) is 0 Å². The van der Waals surface area contributed by atoms with Gasteiger partial charge < -0.3 is 14.2 Å². The van der Waals surface area contributed by atoms with E-state index < -0.39 is 0 Å². The Bertz CT molecular complexity index is 1610. The lowest BCUT2D eigenvalue weighted by atomic mass is 10.1. The van der Waals surface area contributed by atoms with Crippen molar-refractivity contribution < 1.29 is 14.2 Å². The highest BCUT2D eigenvalue weighted by molar-refractivity contribution is 5.81. The molecular weight excluding hydrogens is 500 g/mol. The third kappa shape index (κ3) is 5.51. The van der Waals surface area contributed by atoms with Gasteiger partial charge in [0.25, 0.3) is 0 Å². The predicted molar refractivity (Wildman–Crippen MR) is 158 cm³/mol. The Kier molecular flexibility index (Phi) is 7.12. The van der Waals surface area contributed by atoms with Crippen LogP contribution in [-0.4, -0.2) is 41.2 Å². The van der Waals surface area contributed by atoms with E-state index in [-0.39, 0.29) is 0 Å². The predicted octanol–water partition coefficient (Wildman–Crippen LogP) is 6.56. The first-order valence-corrected chi connectivity index (χ1v) is 13.1. The highest BCUT2D eigenvalue weighted by Gasteiger charge is 2.13. The number of hydrogen-bond donors (Lipinski definition) is 0. The topological polar surface area (TPSA) is 69.6 Å². The van der Waals surface area contributed by atoms with Crippen molar-refractivity contribution in [2.45, 2.75) is 19.6 Å². The maximum Gasteiger partial charge on any atom is 0.119 e. The van der Waals surface area contributed by atoms with Gasteiger partial charge in [-0.15, -0.1) is 0 Å². The number of ether oxygens (including phenoxy) is 3. The van der Waals surface area contributed by atoms with E-state index in [9.17, 15) is 0 Å². The quantitative estimate of drug-likeness (QED) is 0.210. The van der Waals surface area contributed by atoms with Gasteiger partial charge in [0.2, 0.25) is 0 Å². The van der Waals surface area contributed by atoms with Gasteiger partial charge in [-0.2, -0.15) is 0 Å². The maximum atomic E-state index is 5.37. The molecule has 0 saturated carbocycles. The molecule has 0 amide bonds. The molecule has 7 heteroatoms.